The molecule has 0 spiro atoms. The Morgan fingerprint density at radius 3 is 2.50 bits per heavy atom. The predicted octanol–water partition coefficient (Wildman–Crippen LogP) is 2.55. The maximum atomic E-state index is 3.54. The Morgan fingerprint density at radius 1 is 1.33 bits per heavy atom. The molecule has 0 bridgehead atoms. The van der Waals surface area contributed by atoms with Crippen molar-refractivity contribution in [2.24, 2.45) is 0 Å². The van der Waals surface area contributed by atoms with Crippen molar-refractivity contribution < 1.29 is 0 Å². The minimum atomic E-state index is 0.134. The number of rotatable bonds is 6. The molecule has 0 heterocycles. The Bertz CT molecular complexity index is 131. The van der Waals surface area contributed by atoms with Crippen LogP contribution in [-0.4, -0.2) is 22.4 Å². The second kappa shape index (κ2) is 8.72. The van der Waals surface area contributed by atoms with Crippen LogP contribution in [0, 0.1) is 0 Å². The van der Waals surface area contributed by atoms with Crippen molar-refractivity contribution in [3.63, 3.8) is 0 Å². The molecule has 0 unspecified atom stereocenters. The molecule has 0 amide bonds. The first-order valence-corrected chi connectivity index (χ1v) is 10.0. The molecule has 4 heteroatoms. The zero-order chi connectivity index (χ0) is 9.40. The largest absolute Gasteiger partial charge is 0.103 e. The van der Waals surface area contributed by atoms with Crippen LogP contribution in [-0.2, 0) is 0 Å². The van der Waals surface area contributed by atoms with Crippen molar-refractivity contribution in [1.29, 1.82) is 0 Å². The summed E-state index contributed by atoms with van der Waals surface area (Å²) in [5.41, 5.74) is 3.99. The molecule has 0 saturated heterocycles. The standard InChI is InChI=1S/C8H18Br2Si2/c1-7(2)6-11-4-3-5-12-8(9)10/h6,8H,3-5,11-12H2,1-2H3. The summed E-state index contributed by atoms with van der Waals surface area (Å²) in [5, 5.41) is 0. The van der Waals surface area contributed by atoms with Crippen molar-refractivity contribution in [3.8, 4) is 0 Å². The molecule has 0 aromatic rings. The Kier molecular flexibility index (Phi) is 9.54. The molecular weight excluding hydrogens is 312 g/mol. The molecule has 0 nitrogen and oxygen atoms in total. The van der Waals surface area contributed by atoms with Crippen LogP contribution < -0.4 is 0 Å². The lowest BCUT2D eigenvalue weighted by atomic mass is 10.4. The molecule has 0 N–H and O–H groups in total. The van der Waals surface area contributed by atoms with Gasteiger partial charge >= 0.3 is 0 Å². The van der Waals surface area contributed by atoms with Gasteiger partial charge in [0, 0.05) is 19.0 Å². The topological polar surface area (TPSA) is 0 Å². The minimum Gasteiger partial charge on any atom is -0.103 e. The SMILES string of the molecule is CC(C)=C[SiH2]CCC[SiH2]C(Br)Br. The van der Waals surface area contributed by atoms with Crippen LogP contribution in [0.15, 0.2) is 11.3 Å². The summed E-state index contributed by atoms with van der Waals surface area (Å²) in [6.45, 7) is 4.41. The van der Waals surface area contributed by atoms with Crippen molar-refractivity contribution >= 4 is 50.9 Å². The first kappa shape index (κ1) is 13.1. The molecule has 0 aliphatic rings. The van der Waals surface area contributed by atoms with Gasteiger partial charge in [-0.1, -0.05) is 55.9 Å². The van der Waals surface area contributed by atoms with E-state index in [2.05, 4.69) is 51.4 Å². The van der Waals surface area contributed by atoms with Gasteiger partial charge in [-0.15, -0.1) is 5.70 Å². The van der Waals surface area contributed by atoms with E-state index in [1.54, 1.807) is 0 Å². The maximum absolute atomic E-state index is 3.54. The zero-order valence-electron chi connectivity index (χ0n) is 7.95. The lowest BCUT2D eigenvalue weighted by Gasteiger charge is -1.99. The van der Waals surface area contributed by atoms with Crippen molar-refractivity contribution in [2.75, 3.05) is 0 Å². The van der Waals surface area contributed by atoms with Crippen LogP contribution in [0.3, 0.4) is 0 Å². The highest BCUT2D eigenvalue weighted by atomic mass is 79.9. The van der Waals surface area contributed by atoms with Gasteiger partial charge in [0.2, 0.25) is 0 Å². The average molecular weight is 330 g/mol. The third-order valence-corrected chi connectivity index (χ3v) is 7.78. The van der Waals surface area contributed by atoms with Gasteiger partial charge < -0.3 is 0 Å². The molecule has 0 aliphatic carbocycles. The van der Waals surface area contributed by atoms with Crippen molar-refractivity contribution in [1.82, 2.24) is 0 Å². The van der Waals surface area contributed by atoms with Crippen LogP contribution in [0.1, 0.15) is 20.3 Å². The smallest absolute Gasteiger partial charge is 0.0551 e. The van der Waals surface area contributed by atoms with Gasteiger partial charge in [0.25, 0.3) is 0 Å². The summed E-state index contributed by atoms with van der Waals surface area (Å²) < 4.78 is 0.662. The third kappa shape index (κ3) is 11.1. The van der Waals surface area contributed by atoms with Crippen LogP contribution >= 0.6 is 31.9 Å². The highest BCUT2D eigenvalue weighted by Crippen LogP contribution is 2.09. The monoisotopic (exact) mass is 328 g/mol. The molecule has 0 fully saturated rings. The van der Waals surface area contributed by atoms with Gasteiger partial charge in [-0.2, -0.15) is 0 Å². The van der Waals surface area contributed by atoms with E-state index in [1.165, 1.54) is 24.1 Å². The first-order valence-electron chi connectivity index (χ1n) is 4.54. The fraction of sp³-hybridized carbons (Fsp3) is 0.750. The van der Waals surface area contributed by atoms with Gasteiger partial charge in [0.05, 0.1) is 3.36 Å². The maximum Gasteiger partial charge on any atom is 0.0551 e. The summed E-state index contributed by atoms with van der Waals surface area (Å²) in [5.74, 6) is 0. The second-order valence-electron chi connectivity index (χ2n) is 3.31. The fourth-order valence-corrected chi connectivity index (χ4v) is 6.03. The van der Waals surface area contributed by atoms with E-state index in [4.69, 9.17) is 0 Å². The molecule has 0 rings (SSSR count). The summed E-state index contributed by atoms with van der Waals surface area (Å²) in [6, 6.07) is 3.00. The summed E-state index contributed by atoms with van der Waals surface area (Å²) in [6.07, 6.45) is 1.47. The highest BCUT2D eigenvalue weighted by molar-refractivity contribution is 9.25. The Balaban J connectivity index is 3.06. The molecule has 0 atom stereocenters. The van der Waals surface area contributed by atoms with E-state index in [1.807, 2.05) is 0 Å². The minimum absolute atomic E-state index is 0.134. The Labute approximate surface area is 97.5 Å². The van der Waals surface area contributed by atoms with Crippen molar-refractivity contribution in [2.45, 2.75) is 35.7 Å². The average Bonchev–Trinajstić information content (AvgIpc) is 1.95. The van der Waals surface area contributed by atoms with E-state index < -0.39 is 0 Å². The lowest BCUT2D eigenvalue weighted by molar-refractivity contribution is 1.06. The third-order valence-electron chi connectivity index (χ3n) is 1.68. The number of alkyl halides is 2. The van der Waals surface area contributed by atoms with Crippen LogP contribution in [0.5, 0.6) is 0 Å². The molecule has 0 radical (unpaired) electrons. The molecule has 0 aromatic carbocycles. The van der Waals surface area contributed by atoms with Gasteiger partial charge in [-0.3, -0.25) is 0 Å². The quantitative estimate of drug-likeness (QED) is 0.399. The summed E-state index contributed by atoms with van der Waals surface area (Å²) in [4.78, 5) is 0. The van der Waals surface area contributed by atoms with E-state index in [0.717, 1.165) is 0 Å². The number of hydrogen-bond donors (Lipinski definition) is 0. The van der Waals surface area contributed by atoms with E-state index in [0.29, 0.717) is 3.36 Å². The van der Waals surface area contributed by atoms with Crippen LogP contribution in [0.25, 0.3) is 0 Å². The number of hydrogen-bond acceptors (Lipinski definition) is 0. The first-order chi connectivity index (χ1) is 5.63. The molecule has 0 aromatic heterocycles. The van der Waals surface area contributed by atoms with Crippen LogP contribution in [0.2, 0.25) is 12.1 Å². The number of halogens is 2. The molecular formula is C8H18Br2Si2. The summed E-state index contributed by atoms with van der Waals surface area (Å²) in [7, 11) is 0.282. The Morgan fingerprint density at radius 2 is 2.00 bits per heavy atom. The summed E-state index contributed by atoms with van der Waals surface area (Å²) >= 11 is 7.09. The highest BCUT2D eigenvalue weighted by Gasteiger charge is 1.97. The molecule has 72 valence electrons. The van der Waals surface area contributed by atoms with Crippen LogP contribution in [0.4, 0.5) is 0 Å². The van der Waals surface area contributed by atoms with Gasteiger partial charge in [-0.25, -0.2) is 0 Å². The van der Waals surface area contributed by atoms with Crippen molar-refractivity contribution in [3.05, 3.63) is 11.3 Å². The Hall–Kier alpha value is 1.13. The second-order valence-corrected chi connectivity index (χ2v) is 12.9. The van der Waals surface area contributed by atoms with Gasteiger partial charge in [0.1, 0.15) is 0 Å². The predicted molar refractivity (Wildman–Crippen MR) is 72.4 cm³/mol. The molecule has 0 aliphatic heterocycles. The van der Waals surface area contributed by atoms with E-state index >= 15 is 0 Å². The zero-order valence-corrected chi connectivity index (χ0v) is 13.9. The van der Waals surface area contributed by atoms with E-state index in [9.17, 15) is 0 Å². The molecule has 0 saturated carbocycles. The normalized spacial score (nSPS) is 12.4. The lowest BCUT2D eigenvalue weighted by Crippen LogP contribution is -1.99. The van der Waals surface area contributed by atoms with Gasteiger partial charge in [-0.05, 0) is 13.8 Å². The van der Waals surface area contributed by atoms with E-state index in [-0.39, 0.29) is 19.0 Å². The molecule has 12 heavy (non-hydrogen) atoms. The fourth-order valence-electron chi connectivity index (χ4n) is 1.01. The van der Waals surface area contributed by atoms with Gasteiger partial charge in [0.15, 0.2) is 0 Å². The number of allylic oxidation sites excluding steroid dienone is 1.